The highest BCUT2D eigenvalue weighted by Gasteiger charge is 2.42. The number of carbonyl (C=O) groups excluding carboxylic acids is 5. The third kappa shape index (κ3) is 6.44. The van der Waals surface area contributed by atoms with Crippen molar-refractivity contribution in [2.75, 3.05) is 6.61 Å². The van der Waals surface area contributed by atoms with Crippen LogP contribution in [0.2, 0.25) is 0 Å². The van der Waals surface area contributed by atoms with E-state index in [4.69, 9.17) is 14.2 Å². The van der Waals surface area contributed by atoms with Crippen LogP contribution >= 0.6 is 0 Å². The molecule has 0 fully saturated rings. The summed E-state index contributed by atoms with van der Waals surface area (Å²) in [6, 6.07) is 0. The second-order valence-corrected chi connectivity index (χ2v) is 4.35. The maximum atomic E-state index is 11.9. The normalized spacial score (nSPS) is 14.2. The van der Waals surface area contributed by atoms with E-state index in [1.54, 1.807) is 0 Å². The van der Waals surface area contributed by atoms with Crippen molar-refractivity contribution in [3.63, 3.8) is 0 Å². The Morgan fingerprint density at radius 2 is 1.27 bits per heavy atom. The minimum atomic E-state index is -1.82. The summed E-state index contributed by atoms with van der Waals surface area (Å²) in [6.07, 6.45) is -4.95. The quantitative estimate of drug-likeness (QED) is 0.337. The zero-order chi connectivity index (χ0) is 17.4. The second kappa shape index (κ2) is 8.88. The van der Waals surface area contributed by atoms with Gasteiger partial charge in [0.15, 0.2) is 18.0 Å². The van der Waals surface area contributed by atoms with E-state index in [9.17, 15) is 29.1 Å². The molecular weight excluding hydrogens is 300 g/mol. The van der Waals surface area contributed by atoms with Gasteiger partial charge in [-0.2, -0.15) is 0 Å². The van der Waals surface area contributed by atoms with Crippen LogP contribution in [0.5, 0.6) is 0 Å². The molecule has 0 aromatic carbocycles. The number of hydrogen-bond acceptors (Lipinski definition) is 9. The van der Waals surface area contributed by atoms with Crippen LogP contribution in [-0.4, -0.2) is 59.5 Å². The monoisotopic (exact) mass is 318 g/mol. The van der Waals surface area contributed by atoms with E-state index in [0.29, 0.717) is 0 Å². The molecule has 0 saturated heterocycles. The topological polar surface area (TPSA) is 133 Å². The van der Waals surface area contributed by atoms with E-state index in [-0.39, 0.29) is 0 Å². The summed E-state index contributed by atoms with van der Waals surface area (Å²) in [5.74, 6) is -4.75. The SMILES string of the molecule is CC(=O)O[C@H]([C@H](OC(C)=O)C(=O)C(C)=O)[C@@H](CO)OC(C)=O. The second-order valence-electron chi connectivity index (χ2n) is 4.35. The Morgan fingerprint density at radius 1 is 0.818 bits per heavy atom. The molecule has 22 heavy (non-hydrogen) atoms. The van der Waals surface area contributed by atoms with Crippen LogP contribution in [0, 0.1) is 0 Å². The summed E-state index contributed by atoms with van der Waals surface area (Å²) in [7, 11) is 0. The largest absolute Gasteiger partial charge is 0.456 e. The molecule has 0 heterocycles. The smallest absolute Gasteiger partial charge is 0.303 e. The Morgan fingerprint density at radius 3 is 1.59 bits per heavy atom. The molecule has 0 radical (unpaired) electrons. The van der Waals surface area contributed by atoms with Gasteiger partial charge < -0.3 is 19.3 Å². The molecule has 0 saturated carbocycles. The van der Waals surface area contributed by atoms with Crippen molar-refractivity contribution in [3.05, 3.63) is 0 Å². The van der Waals surface area contributed by atoms with Crippen LogP contribution in [0.1, 0.15) is 27.7 Å². The number of rotatable bonds is 8. The molecule has 0 bridgehead atoms. The fraction of sp³-hybridized carbons (Fsp3) is 0.615. The number of carbonyl (C=O) groups is 5. The van der Waals surface area contributed by atoms with Crippen LogP contribution in [0.15, 0.2) is 0 Å². The van der Waals surface area contributed by atoms with E-state index in [1.165, 1.54) is 0 Å². The molecule has 0 rings (SSSR count). The summed E-state index contributed by atoms with van der Waals surface area (Å²) in [4.78, 5) is 56.4. The number of aliphatic hydroxyl groups excluding tert-OH is 1. The lowest BCUT2D eigenvalue weighted by atomic mass is 10.0. The van der Waals surface area contributed by atoms with Gasteiger partial charge >= 0.3 is 17.9 Å². The third-order valence-electron chi connectivity index (χ3n) is 2.36. The molecule has 0 amide bonds. The Bertz CT molecular complexity index is 468. The lowest BCUT2D eigenvalue weighted by Gasteiger charge is -2.29. The van der Waals surface area contributed by atoms with Crippen molar-refractivity contribution in [1.29, 1.82) is 0 Å². The highest BCUT2D eigenvalue weighted by molar-refractivity contribution is 6.38. The molecule has 0 aliphatic rings. The van der Waals surface area contributed by atoms with Gasteiger partial charge in [0.2, 0.25) is 11.9 Å². The van der Waals surface area contributed by atoms with Gasteiger partial charge in [0.05, 0.1) is 6.61 Å². The Kier molecular flexibility index (Phi) is 7.95. The molecular formula is C13H18O9. The summed E-state index contributed by atoms with van der Waals surface area (Å²) in [5.41, 5.74) is 0. The molecule has 9 heteroatoms. The maximum Gasteiger partial charge on any atom is 0.303 e. The summed E-state index contributed by atoms with van der Waals surface area (Å²) < 4.78 is 14.3. The number of ether oxygens (including phenoxy) is 3. The van der Waals surface area contributed by atoms with Crippen molar-refractivity contribution >= 4 is 29.5 Å². The first-order valence-electron chi connectivity index (χ1n) is 6.27. The predicted octanol–water partition coefficient (Wildman–Crippen LogP) is -1.07. The van der Waals surface area contributed by atoms with E-state index in [1.807, 2.05) is 0 Å². The van der Waals surface area contributed by atoms with Gasteiger partial charge in [-0.25, -0.2) is 0 Å². The lowest BCUT2D eigenvalue weighted by Crippen LogP contribution is -2.51. The van der Waals surface area contributed by atoms with Crippen molar-refractivity contribution in [3.8, 4) is 0 Å². The Labute approximate surface area is 126 Å². The fourth-order valence-corrected chi connectivity index (χ4v) is 1.59. The highest BCUT2D eigenvalue weighted by Crippen LogP contribution is 2.15. The van der Waals surface area contributed by atoms with Crippen LogP contribution in [0.4, 0.5) is 0 Å². The molecule has 0 aliphatic carbocycles. The molecule has 9 nitrogen and oxygen atoms in total. The van der Waals surface area contributed by atoms with Crippen LogP contribution < -0.4 is 0 Å². The number of aliphatic hydroxyl groups is 1. The van der Waals surface area contributed by atoms with Gasteiger partial charge in [-0.1, -0.05) is 0 Å². The van der Waals surface area contributed by atoms with Gasteiger partial charge in [0.25, 0.3) is 0 Å². The van der Waals surface area contributed by atoms with E-state index < -0.39 is 54.4 Å². The predicted molar refractivity (Wildman–Crippen MR) is 69.4 cm³/mol. The van der Waals surface area contributed by atoms with Crippen LogP contribution in [-0.2, 0) is 38.2 Å². The van der Waals surface area contributed by atoms with E-state index in [0.717, 1.165) is 27.7 Å². The lowest BCUT2D eigenvalue weighted by molar-refractivity contribution is -0.188. The molecule has 3 atom stereocenters. The zero-order valence-corrected chi connectivity index (χ0v) is 12.7. The van der Waals surface area contributed by atoms with Crippen molar-refractivity contribution in [2.45, 2.75) is 46.0 Å². The molecule has 1 N–H and O–H groups in total. The number of ketones is 2. The zero-order valence-electron chi connectivity index (χ0n) is 12.7. The maximum absolute atomic E-state index is 11.9. The Hall–Kier alpha value is -2.29. The van der Waals surface area contributed by atoms with E-state index in [2.05, 4.69) is 0 Å². The van der Waals surface area contributed by atoms with E-state index >= 15 is 0 Å². The molecule has 0 aliphatic heterocycles. The molecule has 0 spiro atoms. The first-order valence-corrected chi connectivity index (χ1v) is 6.27. The Balaban J connectivity index is 5.65. The number of hydrogen-bond donors (Lipinski definition) is 1. The van der Waals surface area contributed by atoms with Crippen LogP contribution in [0.3, 0.4) is 0 Å². The van der Waals surface area contributed by atoms with Gasteiger partial charge in [0.1, 0.15) is 0 Å². The number of Topliss-reactive ketones (excluding diaryl/α,β-unsaturated/α-hetero) is 2. The fourth-order valence-electron chi connectivity index (χ4n) is 1.59. The average Bonchev–Trinajstić information content (AvgIpc) is 2.38. The standard InChI is InChI=1S/C13H18O9/c1-6(15)11(19)13(22-9(4)18)12(21-8(3)17)10(5-14)20-7(2)16/h10,12-14H,5H2,1-4H3/t10-,12+,13-/m1/s1. The summed E-state index contributed by atoms with van der Waals surface area (Å²) in [6.45, 7) is 3.12. The summed E-state index contributed by atoms with van der Waals surface area (Å²) >= 11 is 0. The number of esters is 3. The van der Waals surface area contributed by atoms with Crippen molar-refractivity contribution in [1.82, 2.24) is 0 Å². The minimum Gasteiger partial charge on any atom is -0.456 e. The molecule has 124 valence electrons. The van der Waals surface area contributed by atoms with Gasteiger partial charge in [-0.15, -0.1) is 0 Å². The van der Waals surface area contributed by atoms with Gasteiger partial charge in [0, 0.05) is 27.7 Å². The minimum absolute atomic E-state index is 0.819. The van der Waals surface area contributed by atoms with Gasteiger partial charge in [-0.3, -0.25) is 24.0 Å². The highest BCUT2D eigenvalue weighted by atomic mass is 16.6. The molecule has 0 aromatic rings. The average molecular weight is 318 g/mol. The van der Waals surface area contributed by atoms with Gasteiger partial charge in [-0.05, 0) is 0 Å². The molecule has 0 aromatic heterocycles. The first-order chi connectivity index (χ1) is 10.1. The van der Waals surface area contributed by atoms with Crippen molar-refractivity contribution < 1.29 is 43.3 Å². The van der Waals surface area contributed by atoms with Crippen molar-refractivity contribution in [2.24, 2.45) is 0 Å². The first kappa shape index (κ1) is 19.7. The third-order valence-corrected chi connectivity index (χ3v) is 2.36. The molecule has 0 unspecified atom stereocenters. The summed E-state index contributed by atoms with van der Waals surface area (Å²) in [5, 5.41) is 9.26. The van der Waals surface area contributed by atoms with Crippen LogP contribution in [0.25, 0.3) is 0 Å².